The largest absolute Gasteiger partial charge is 0.290 e. The highest BCUT2D eigenvalue weighted by molar-refractivity contribution is 7.89. The van der Waals surface area contributed by atoms with Crippen LogP contribution in [0.4, 0.5) is 0 Å². The molecule has 0 saturated carbocycles. The minimum atomic E-state index is -3.69. The summed E-state index contributed by atoms with van der Waals surface area (Å²) in [6, 6.07) is 24.5. The molecule has 0 aliphatic heterocycles. The van der Waals surface area contributed by atoms with Gasteiger partial charge in [-0.25, -0.2) is 14.3 Å². The van der Waals surface area contributed by atoms with E-state index < -0.39 is 15.9 Å². The zero-order chi connectivity index (χ0) is 20.0. The molecule has 0 aromatic heterocycles. The number of nitrogens with one attached hydrogen (secondary N) is 1. The van der Waals surface area contributed by atoms with Gasteiger partial charge < -0.3 is 0 Å². The van der Waals surface area contributed by atoms with E-state index in [1.165, 1.54) is 4.31 Å². The maximum atomic E-state index is 13.2. The fourth-order valence-corrected chi connectivity index (χ4v) is 4.24. The summed E-state index contributed by atoms with van der Waals surface area (Å²) in [5.41, 5.74) is 4.14. The van der Waals surface area contributed by atoms with E-state index in [2.05, 4.69) is 5.43 Å². The lowest BCUT2D eigenvalue weighted by atomic mass is 10.1. The van der Waals surface area contributed by atoms with Crippen LogP contribution in [0.25, 0.3) is 0 Å². The summed E-state index contributed by atoms with van der Waals surface area (Å²) in [5, 5.41) is 0. The van der Waals surface area contributed by atoms with Crippen LogP contribution in [0.5, 0.6) is 0 Å². The van der Waals surface area contributed by atoms with Gasteiger partial charge in [-0.15, -0.1) is 0 Å². The average molecular weight is 395 g/mol. The Kier molecular flexibility index (Phi) is 6.20. The van der Waals surface area contributed by atoms with Crippen molar-refractivity contribution in [2.45, 2.75) is 18.0 Å². The van der Waals surface area contributed by atoms with Gasteiger partial charge in [0.1, 0.15) is 0 Å². The van der Waals surface area contributed by atoms with Crippen LogP contribution in [-0.4, -0.2) is 18.6 Å². The first kappa shape index (κ1) is 19.8. The third kappa shape index (κ3) is 4.64. The smallest absolute Gasteiger partial charge is 0.265 e. The van der Waals surface area contributed by atoms with Gasteiger partial charge in [-0.2, -0.15) is 4.31 Å². The topological polar surface area (TPSA) is 92.5 Å². The minimum absolute atomic E-state index is 0.177. The highest BCUT2D eigenvalue weighted by Crippen LogP contribution is 2.21. The predicted molar refractivity (Wildman–Crippen MR) is 107 cm³/mol. The molecule has 0 saturated heterocycles. The maximum absolute atomic E-state index is 13.2. The summed E-state index contributed by atoms with van der Waals surface area (Å²) in [7, 11) is -3.69. The summed E-state index contributed by atoms with van der Waals surface area (Å²) in [5.74, 6) is 4.74. The highest BCUT2D eigenvalue weighted by Gasteiger charge is 2.24. The number of nitrogens with zero attached hydrogens (tertiary/aromatic N) is 1. The van der Waals surface area contributed by atoms with E-state index in [4.69, 9.17) is 5.84 Å². The molecule has 0 spiro atoms. The van der Waals surface area contributed by atoms with Gasteiger partial charge in [-0.05, 0) is 35.4 Å². The summed E-state index contributed by atoms with van der Waals surface area (Å²) < 4.78 is 27.8. The lowest BCUT2D eigenvalue weighted by Gasteiger charge is -2.22. The number of benzene rings is 3. The second kappa shape index (κ2) is 8.79. The van der Waals surface area contributed by atoms with Gasteiger partial charge in [0.2, 0.25) is 10.0 Å². The first-order chi connectivity index (χ1) is 13.5. The van der Waals surface area contributed by atoms with Gasteiger partial charge in [-0.3, -0.25) is 10.2 Å². The van der Waals surface area contributed by atoms with E-state index in [9.17, 15) is 13.2 Å². The number of rotatable bonds is 7. The van der Waals surface area contributed by atoms with Crippen molar-refractivity contribution >= 4 is 15.9 Å². The lowest BCUT2D eigenvalue weighted by molar-refractivity contribution is 0.0953. The Morgan fingerprint density at radius 1 is 0.786 bits per heavy atom. The Balaban J connectivity index is 1.91. The van der Waals surface area contributed by atoms with Crippen molar-refractivity contribution in [2.24, 2.45) is 5.84 Å². The molecule has 0 bridgehead atoms. The van der Waals surface area contributed by atoms with Crippen molar-refractivity contribution in [1.29, 1.82) is 0 Å². The van der Waals surface area contributed by atoms with Gasteiger partial charge in [0.05, 0.1) is 4.90 Å². The zero-order valence-electron chi connectivity index (χ0n) is 15.2. The summed E-state index contributed by atoms with van der Waals surface area (Å²) in [6.45, 7) is 0.416. The molecule has 0 fully saturated rings. The Morgan fingerprint density at radius 3 is 1.82 bits per heavy atom. The number of sulfonamides is 1. The van der Waals surface area contributed by atoms with Crippen molar-refractivity contribution in [3.63, 3.8) is 0 Å². The van der Waals surface area contributed by atoms with Gasteiger partial charge in [-0.1, -0.05) is 60.7 Å². The number of hydrazine groups is 1. The SMILES string of the molecule is NNC(=O)c1ccc(CN(Cc2ccccc2)S(=O)(=O)c2ccccc2)cc1. The quantitative estimate of drug-likeness (QED) is 0.365. The normalized spacial score (nSPS) is 11.4. The molecule has 3 aromatic carbocycles. The Morgan fingerprint density at radius 2 is 1.29 bits per heavy atom. The molecule has 0 atom stereocenters. The molecule has 3 N–H and O–H groups in total. The molecule has 0 radical (unpaired) electrons. The van der Waals surface area contributed by atoms with Crippen molar-refractivity contribution in [3.8, 4) is 0 Å². The lowest BCUT2D eigenvalue weighted by Crippen LogP contribution is -2.31. The zero-order valence-corrected chi connectivity index (χ0v) is 16.0. The van der Waals surface area contributed by atoms with Crippen LogP contribution in [0, 0.1) is 0 Å². The molecule has 0 heterocycles. The minimum Gasteiger partial charge on any atom is -0.290 e. The molecular formula is C21H21N3O3S. The van der Waals surface area contributed by atoms with E-state index in [1.807, 2.05) is 30.3 Å². The number of carbonyl (C=O) groups is 1. The first-order valence-corrected chi connectivity index (χ1v) is 10.1. The van der Waals surface area contributed by atoms with Crippen molar-refractivity contribution < 1.29 is 13.2 Å². The Hall–Kier alpha value is -3.00. The molecule has 3 rings (SSSR count). The number of hydrogen-bond acceptors (Lipinski definition) is 4. The molecule has 0 aliphatic rings. The Labute approximate surface area is 164 Å². The molecule has 0 aliphatic carbocycles. The van der Waals surface area contributed by atoms with E-state index in [1.54, 1.807) is 54.6 Å². The van der Waals surface area contributed by atoms with E-state index >= 15 is 0 Å². The van der Waals surface area contributed by atoms with E-state index in [0.29, 0.717) is 5.56 Å². The molecular weight excluding hydrogens is 374 g/mol. The number of nitrogen functional groups attached to an aromatic ring is 1. The van der Waals surface area contributed by atoms with Gasteiger partial charge in [0.25, 0.3) is 5.91 Å². The van der Waals surface area contributed by atoms with Gasteiger partial charge >= 0.3 is 0 Å². The highest BCUT2D eigenvalue weighted by atomic mass is 32.2. The van der Waals surface area contributed by atoms with Crippen LogP contribution in [-0.2, 0) is 23.1 Å². The summed E-state index contributed by atoms with van der Waals surface area (Å²) >= 11 is 0. The molecule has 28 heavy (non-hydrogen) atoms. The van der Waals surface area contributed by atoms with Crippen LogP contribution in [0.1, 0.15) is 21.5 Å². The van der Waals surface area contributed by atoms with Crippen LogP contribution in [0.3, 0.4) is 0 Å². The molecule has 3 aromatic rings. The third-order valence-corrected chi connectivity index (χ3v) is 6.09. The van der Waals surface area contributed by atoms with Crippen molar-refractivity contribution in [1.82, 2.24) is 9.73 Å². The van der Waals surface area contributed by atoms with Crippen LogP contribution < -0.4 is 11.3 Å². The maximum Gasteiger partial charge on any atom is 0.265 e. The third-order valence-electron chi connectivity index (χ3n) is 4.29. The second-order valence-electron chi connectivity index (χ2n) is 6.24. The first-order valence-electron chi connectivity index (χ1n) is 8.70. The van der Waals surface area contributed by atoms with Crippen LogP contribution in [0.2, 0.25) is 0 Å². The Bertz CT molecular complexity index is 1020. The summed E-state index contributed by atoms with van der Waals surface area (Å²) in [6.07, 6.45) is 0. The number of hydrogen-bond donors (Lipinski definition) is 2. The monoisotopic (exact) mass is 395 g/mol. The van der Waals surface area contributed by atoms with Gasteiger partial charge in [0, 0.05) is 18.7 Å². The van der Waals surface area contributed by atoms with E-state index in [-0.39, 0.29) is 18.0 Å². The molecule has 1 amide bonds. The predicted octanol–water partition coefficient (Wildman–Crippen LogP) is 2.68. The molecule has 0 unspecified atom stereocenters. The number of amides is 1. The molecule has 6 nitrogen and oxygen atoms in total. The van der Waals surface area contributed by atoms with Crippen molar-refractivity contribution in [2.75, 3.05) is 0 Å². The number of nitrogens with two attached hydrogens (primary N) is 1. The fraction of sp³-hybridized carbons (Fsp3) is 0.0952. The average Bonchev–Trinajstić information content (AvgIpc) is 2.74. The summed E-state index contributed by atoms with van der Waals surface area (Å²) in [4.78, 5) is 11.8. The second-order valence-corrected chi connectivity index (χ2v) is 8.18. The fourth-order valence-electron chi connectivity index (χ4n) is 2.80. The molecule has 7 heteroatoms. The van der Waals surface area contributed by atoms with Crippen LogP contribution >= 0.6 is 0 Å². The number of carbonyl (C=O) groups excluding carboxylic acids is 1. The van der Waals surface area contributed by atoms with Crippen molar-refractivity contribution in [3.05, 3.63) is 102 Å². The molecule has 144 valence electrons. The van der Waals surface area contributed by atoms with E-state index in [0.717, 1.165) is 11.1 Å². The standard InChI is InChI=1S/C21H21N3O3S/c22-23-21(25)19-13-11-18(12-14-19)16-24(15-17-7-3-1-4-8-17)28(26,27)20-9-5-2-6-10-20/h1-14H,15-16,22H2,(H,23,25). The van der Waals surface area contributed by atoms with Gasteiger partial charge in [0.15, 0.2) is 0 Å². The van der Waals surface area contributed by atoms with Crippen LogP contribution in [0.15, 0.2) is 89.8 Å².